The van der Waals surface area contributed by atoms with Gasteiger partial charge in [0.25, 0.3) is 0 Å². The molecule has 1 fully saturated rings. The number of hydrogen-bond acceptors (Lipinski definition) is 2. The summed E-state index contributed by atoms with van der Waals surface area (Å²) in [7, 11) is 0. The lowest BCUT2D eigenvalue weighted by atomic mass is 10.0. The average Bonchev–Trinajstić information content (AvgIpc) is 2.86. The van der Waals surface area contributed by atoms with E-state index in [2.05, 4.69) is 54.3 Å². The van der Waals surface area contributed by atoms with E-state index < -0.39 is 0 Å². The van der Waals surface area contributed by atoms with Crippen molar-refractivity contribution in [2.45, 2.75) is 19.4 Å². The Labute approximate surface area is 120 Å². The Hall–Kier alpha value is -1.80. The van der Waals surface area contributed by atoms with E-state index in [0.29, 0.717) is 6.10 Å². The zero-order chi connectivity index (χ0) is 13.5. The maximum Gasteiger partial charge on any atom is 0.0722 e. The summed E-state index contributed by atoms with van der Waals surface area (Å²) >= 11 is 0. The maximum atomic E-state index is 5.67. The molecule has 102 valence electrons. The highest BCUT2D eigenvalue weighted by molar-refractivity contribution is 5.82. The van der Waals surface area contributed by atoms with Crippen LogP contribution in [0, 0.1) is 0 Å². The first-order valence-electron chi connectivity index (χ1n) is 7.39. The Morgan fingerprint density at radius 2 is 1.90 bits per heavy atom. The molecule has 2 aromatic carbocycles. The summed E-state index contributed by atoms with van der Waals surface area (Å²) < 4.78 is 5.67. The maximum absolute atomic E-state index is 5.67. The van der Waals surface area contributed by atoms with Crippen molar-refractivity contribution in [3.05, 3.63) is 53.6 Å². The quantitative estimate of drug-likeness (QED) is 0.668. The third-order valence-electron chi connectivity index (χ3n) is 4.41. The molecule has 0 bridgehead atoms. The van der Waals surface area contributed by atoms with E-state index in [9.17, 15) is 0 Å². The van der Waals surface area contributed by atoms with Crippen LogP contribution < -0.4 is 4.90 Å². The molecule has 20 heavy (non-hydrogen) atoms. The second kappa shape index (κ2) is 4.64. The van der Waals surface area contributed by atoms with Gasteiger partial charge in [0.1, 0.15) is 0 Å². The van der Waals surface area contributed by atoms with Gasteiger partial charge in [-0.15, -0.1) is 0 Å². The summed E-state index contributed by atoms with van der Waals surface area (Å²) in [5, 5.41) is 0. The highest BCUT2D eigenvalue weighted by atomic mass is 16.5. The van der Waals surface area contributed by atoms with Crippen molar-refractivity contribution in [1.82, 2.24) is 0 Å². The fourth-order valence-corrected chi connectivity index (χ4v) is 3.47. The smallest absolute Gasteiger partial charge is 0.0722 e. The zero-order valence-corrected chi connectivity index (χ0v) is 11.8. The van der Waals surface area contributed by atoms with Crippen molar-refractivity contribution in [3.63, 3.8) is 0 Å². The largest absolute Gasteiger partial charge is 0.375 e. The number of anilines is 1. The Balaban J connectivity index is 1.77. The molecule has 1 atom stereocenters. The number of ether oxygens (including phenoxy) is 1. The molecule has 1 heterocycles. The first kappa shape index (κ1) is 12.0. The van der Waals surface area contributed by atoms with E-state index in [1.54, 1.807) is 0 Å². The Kier molecular flexibility index (Phi) is 2.78. The number of benzene rings is 2. The molecule has 2 heteroatoms. The van der Waals surface area contributed by atoms with Gasteiger partial charge in [0.2, 0.25) is 0 Å². The van der Waals surface area contributed by atoms with Gasteiger partial charge in [-0.1, -0.05) is 36.4 Å². The Morgan fingerprint density at radius 1 is 1.05 bits per heavy atom. The number of morpholine rings is 1. The average molecular weight is 265 g/mol. The summed E-state index contributed by atoms with van der Waals surface area (Å²) in [6.45, 7) is 4.98. The Bertz CT molecular complexity index is 650. The highest BCUT2D eigenvalue weighted by Crippen LogP contribution is 2.41. The lowest BCUT2D eigenvalue weighted by Crippen LogP contribution is -2.41. The van der Waals surface area contributed by atoms with Crippen LogP contribution in [0.15, 0.2) is 42.5 Å². The standard InChI is InChI=1S/C18H19NO/c1-13-12-19(9-10-20-13)18-8-4-7-16-15-6-3-2-5-14(15)11-17(16)18/h2-8,13H,9-12H2,1H3. The van der Waals surface area contributed by atoms with Crippen molar-refractivity contribution in [2.24, 2.45) is 0 Å². The molecule has 0 N–H and O–H groups in total. The van der Waals surface area contributed by atoms with E-state index in [4.69, 9.17) is 4.74 Å². The minimum absolute atomic E-state index is 0.323. The predicted octanol–water partition coefficient (Wildman–Crippen LogP) is 3.48. The molecule has 2 aromatic rings. The van der Waals surface area contributed by atoms with Crippen molar-refractivity contribution in [1.29, 1.82) is 0 Å². The van der Waals surface area contributed by atoms with Gasteiger partial charge in [0.15, 0.2) is 0 Å². The van der Waals surface area contributed by atoms with Gasteiger partial charge in [-0.3, -0.25) is 0 Å². The fraction of sp³-hybridized carbons (Fsp3) is 0.333. The molecule has 0 spiro atoms. The number of hydrogen-bond donors (Lipinski definition) is 0. The van der Waals surface area contributed by atoms with Crippen LogP contribution in [-0.2, 0) is 11.2 Å². The van der Waals surface area contributed by atoms with Crippen molar-refractivity contribution in [2.75, 3.05) is 24.6 Å². The molecule has 2 aliphatic rings. The van der Waals surface area contributed by atoms with Crippen molar-refractivity contribution < 1.29 is 4.74 Å². The molecule has 4 rings (SSSR count). The number of fused-ring (bicyclic) bond motifs is 3. The molecule has 1 aliphatic heterocycles. The SMILES string of the molecule is CC1CN(c2cccc3c2Cc2ccccc2-3)CCO1. The first-order valence-corrected chi connectivity index (χ1v) is 7.39. The summed E-state index contributed by atoms with van der Waals surface area (Å²) in [4.78, 5) is 2.48. The van der Waals surface area contributed by atoms with Gasteiger partial charge in [0.05, 0.1) is 12.7 Å². The van der Waals surface area contributed by atoms with E-state index in [-0.39, 0.29) is 0 Å². The van der Waals surface area contributed by atoms with E-state index >= 15 is 0 Å². The van der Waals surface area contributed by atoms with Crippen LogP contribution >= 0.6 is 0 Å². The summed E-state index contributed by atoms with van der Waals surface area (Å²) in [5.41, 5.74) is 7.16. The summed E-state index contributed by atoms with van der Waals surface area (Å²) in [6.07, 6.45) is 1.39. The first-order chi connectivity index (χ1) is 9.83. The normalized spacial score (nSPS) is 20.6. The summed E-state index contributed by atoms with van der Waals surface area (Å²) in [5.74, 6) is 0. The van der Waals surface area contributed by atoms with Crippen LogP contribution in [0.4, 0.5) is 5.69 Å². The lowest BCUT2D eigenvalue weighted by molar-refractivity contribution is 0.0532. The molecular formula is C18H19NO. The second-order valence-corrected chi connectivity index (χ2v) is 5.76. The summed E-state index contributed by atoms with van der Waals surface area (Å²) in [6, 6.07) is 15.5. The number of rotatable bonds is 1. The molecule has 1 unspecified atom stereocenters. The van der Waals surface area contributed by atoms with Gasteiger partial charge in [0, 0.05) is 25.2 Å². The van der Waals surface area contributed by atoms with Crippen LogP contribution in [0.25, 0.3) is 11.1 Å². The topological polar surface area (TPSA) is 12.5 Å². The van der Waals surface area contributed by atoms with Crippen molar-refractivity contribution in [3.8, 4) is 11.1 Å². The molecular weight excluding hydrogens is 246 g/mol. The zero-order valence-electron chi connectivity index (χ0n) is 11.8. The van der Waals surface area contributed by atoms with E-state index in [0.717, 1.165) is 26.1 Å². The molecule has 0 saturated carbocycles. The van der Waals surface area contributed by atoms with E-state index in [1.807, 2.05) is 0 Å². The molecule has 1 aliphatic carbocycles. The Morgan fingerprint density at radius 3 is 2.80 bits per heavy atom. The molecule has 0 aromatic heterocycles. The number of nitrogens with zero attached hydrogens (tertiary/aromatic N) is 1. The van der Waals surface area contributed by atoms with Crippen LogP contribution in [0.2, 0.25) is 0 Å². The van der Waals surface area contributed by atoms with E-state index in [1.165, 1.54) is 27.9 Å². The van der Waals surface area contributed by atoms with Gasteiger partial charge < -0.3 is 9.64 Å². The molecule has 1 saturated heterocycles. The highest BCUT2D eigenvalue weighted by Gasteiger charge is 2.25. The van der Waals surface area contributed by atoms with Gasteiger partial charge in [-0.25, -0.2) is 0 Å². The lowest BCUT2D eigenvalue weighted by Gasteiger charge is -2.34. The third kappa shape index (κ3) is 1.83. The fourth-order valence-electron chi connectivity index (χ4n) is 3.47. The minimum Gasteiger partial charge on any atom is -0.375 e. The van der Waals surface area contributed by atoms with Crippen LogP contribution in [0.5, 0.6) is 0 Å². The van der Waals surface area contributed by atoms with Crippen LogP contribution in [-0.4, -0.2) is 25.8 Å². The second-order valence-electron chi connectivity index (χ2n) is 5.76. The van der Waals surface area contributed by atoms with Crippen LogP contribution in [0.3, 0.4) is 0 Å². The third-order valence-corrected chi connectivity index (χ3v) is 4.41. The van der Waals surface area contributed by atoms with Gasteiger partial charge >= 0.3 is 0 Å². The minimum atomic E-state index is 0.323. The van der Waals surface area contributed by atoms with Crippen molar-refractivity contribution >= 4 is 5.69 Å². The van der Waals surface area contributed by atoms with Gasteiger partial charge in [-0.05, 0) is 35.2 Å². The monoisotopic (exact) mass is 265 g/mol. The van der Waals surface area contributed by atoms with Crippen LogP contribution in [0.1, 0.15) is 18.1 Å². The molecule has 2 nitrogen and oxygen atoms in total. The molecule has 0 radical (unpaired) electrons. The van der Waals surface area contributed by atoms with Gasteiger partial charge in [-0.2, -0.15) is 0 Å². The predicted molar refractivity (Wildman–Crippen MR) is 82.3 cm³/mol. The molecule has 0 amide bonds.